The van der Waals surface area contributed by atoms with E-state index in [9.17, 15) is 14.9 Å². The Morgan fingerprint density at radius 3 is 2.70 bits per heavy atom. The maximum absolute atomic E-state index is 13.8. The van der Waals surface area contributed by atoms with Crippen molar-refractivity contribution in [1.29, 1.82) is 0 Å². The summed E-state index contributed by atoms with van der Waals surface area (Å²) in [7, 11) is 0. The van der Waals surface area contributed by atoms with Crippen molar-refractivity contribution < 1.29 is 14.1 Å². The van der Waals surface area contributed by atoms with Gasteiger partial charge in [-0.1, -0.05) is 39.0 Å². The van der Waals surface area contributed by atoms with Crippen LogP contribution in [0.5, 0.6) is 0 Å². The number of amides is 1. The molecule has 6 rings (SSSR count). The number of benzene rings is 2. The highest BCUT2D eigenvalue weighted by Crippen LogP contribution is 2.45. The molecule has 0 spiro atoms. The second-order valence-corrected chi connectivity index (χ2v) is 14.3. The molecule has 10 nitrogen and oxygen atoms in total. The molecule has 2 aromatic carbocycles. The van der Waals surface area contributed by atoms with Gasteiger partial charge in [0.25, 0.3) is 11.6 Å². The molecule has 3 aromatic heterocycles. The van der Waals surface area contributed by atoms with E-state index in [1.165, 1.54) is 40.1 Å². The van der Waals surface area contributed by atoms with Crippen molar-refractivity contribution >= 4 is 51.6 Å². The quantitative estimate of drug-likeness (QED) is 0.0955. The minimum absolute atomic E-state index is 0.0560. The first kappa shape index (κ1) is 31.4. The number of non-ortho nitro benzene ring substituents is 1. The third kappa shape index (κ3) is 6.54. The minimum atomic E-state index is -0.426. The maximum Gasteiger partial charge on any atom is 0.270 e. The molecule has 1 N–H and O–H groups in total. The lowest BCUT2D eigenvalue weighted by atomic mass is 9.72. The molecule has 1 aliphatic carbocycles. The van der Waals surface area contributed by atoms with Crippen LogP contribution in [0.1, 0.15) is 60.5 Å². The van der Waals surface area contributed by atoms with Crippen LogP contribution in [-0.2, 0) is 19.4 Å². The zero-order valence-corrected chi connectivity index (χ0v) is 27.7. The highest BCUT2D eigenvalue weighted by Gasteiger charge is 2.34. The average Bonchev–Trinajstić information content (AvgIpc) is 3.78. The first-order valence-electron chi connectivity index (χ1n) is 15.1. The van der Waals surface area contributed by atoms with E-state index >= 15 is 0 Å². The summed E-state index contributed by atoms with van der Waals surface area (Å²) in [6, 6.07) is 17.7. The van der Waals surface area contributed by atoms with E-state index in [-0.39, 0.29) is 17.0 Å². The number of hydrogen-bond donors (Lipinski definition) is 1. The maximum atomic E-state index is 13.8. The molecule has 0 saturated carbocycles. The van der Waals surface area contributed by atoms with E-state index in [4.69, 9.17) is 9.41 Å². The Morgan fingerprint density at radius 2 is 2.00 bits per heavy atom. The average molecular weight is 655 g/mol. The van der Waals surface area contributed by atoms with E-state index in [0.29, 0.717) is 55.9 Å². The van der Waals surface area contributed by atoms with Crippen LogP contribution in [0.25, 0.3) is 11.6 Å². The molecule has 1 aliphatic rings. The summed E-state index contributed by atoms with van der Waals surface area (Å²) in [4.78, 5) is 31.9. The molecule has 0 bridgehead atoms. The Bertz CT molecular complexity index is 1910. The molecule has 1 amide bonds. The second-order valence-electron chi connectivity index (χ2n) is 12.2. The summed E-state index contributed by atoms with van der Waals surface area (Å²) >= 11 is 2.87. The SMILES string of the molecule is CCn1c(Sc2ccc([N+](=O)[O-])cc2C=Nc2sc3c(c2C(=O)Nc2ccccc2)CC[C@@H](C(C)(C)C)C3)nnc1-c1ccco1. The molecule has 0 radical (unpaired) electrons. The van der Waals surface area contributed by atoms with Crippen LogP contribution >= 0.6 is 23.1 Å². The van der Waals surface area contributed by atoms with Gasteiger partial charge in [-0.3, -0.25) is 19.5 Å². The lowest BCUT2D eigenvalue weighted by Gasteiger charge is -2.33. The van der Waals surface area contributed by atoms with Gasteiger partial charge in [-0.15, -0.1) is 21.5 Å². The molecule has 0 fully saturated rings. The van der Waals surface area contributed by atoms with Gasteiger partial charge in [-0.25, -0.2) is 4.99 Å². The van der Waals surface area contributed by atoms with Gasteiger partial charge in [-0.2, -0.15) is 0 Å². The van der Waals surface area contributed by atoms with Gasteiger partial charge < -0.3 is 9.73 Å². The van der Waals surface area contributed by atoms with Gasteiger partial charge >= 0.3 is 0 Å². The minimum Gasteiger partial charge on any atom is -0.461 e. The van der Waals surface area contributed by atoms with Crippen molar-refractivity contribution in [2.75, 3.05) is 5.32 Å². The number of furan rings is 1. The van der Waals surface area contributed by atoms with Gasteiger partial charge in [0.1, 0.15) is 5.00 Å². The summed E-state index contributed by atoms with van der Waals surface area (Å²) in [5.41, 5.74) is 2.94. The number of nitrogens with one attached hydrogen (secondary N) is 1. The largest absolute Gasteiger partial charge is 0.461 e. The van der Waals surface area contributed by atoms with Crippen molar-refractivity contribution in [2.24, 2.45) is 16.3 Å². The Hall–Kier alpha value is -4.55. The molecule has 12 heteroatoms. The predicted octanol–water partition coefficient (Wildman–Crippen LogP) is 8.83. The fourth-order valence-electron chi connectivity index (χ4n) is 5.66. The van der Waals surface area contributed by atoms with Gasteiger partial charge in [0.2, 0.25) is 0 Å². The fourth-order valence-corrected chi connectivity index (χ4v) is 7.90. The molecule has 3 heterocycles. The zero-order valence-electron chi connectivity index (χ0n) is 26.0. The smallest absolute Gasteiger partial charge is 0.270 e. The Kier molecular flexibility index (Phi) is 8.92. The van der Waals surface area contributed by atoms with E-state index < -0.39 is 4.92 Å². The van der Waals surface area contributed by atoms with Crippen LogP contribution in [-0.4, -0.2) is 31.8 Å². The number of hydrogen-bond acceptors (Lipinski definition) is 9. The molecular weight excluding hydrogens is 621 g/mol. The van der Waals surface area contributed by atoms with Crippen LogP contribution in [0.15, 0.2) is 86.4 Å². The molecule has 46 heavy (non-hydrogen) atoms. The third-order valence-corrected chi connectivity index (χ3v) is 10.5. The van der Waals surface area contributed by atoms with E-state index in [1.54, 1.807) is 24.6 Å². The monoisotopic (exact) mass is 654 g/mol. The van der Waals surface area contributed by atoms with E-state index in [2.05, 4.69) is 36.3 Å². The van der Waals surface area contributed by atoms with Gasteiger partial charge in [0, 0.05) is 45.9 Å². The molecule has 0 unspecified atom stereocenters. The first-order valence-corrected chi connectivity index (χ1v) is 16.7. The number of carbonyl (C=O) groups is 1. The van der Waals surface area contributed by atoms with Crippen molar-refractivity contribution in [1.82, 2.24) is 14.8 Å². The van der Waals surface area contributed by atoms with Crippen molar-refractivity contribution in [3.63, 3.8) is 0 Å². The van der Waals surface area contributed by atoms with Gasteiger partial charge in [-0.05, 0) is 85.2 Å². The molecule has 0 aliphatic heterocycles. The van der Waals surface area contributed by atoms with Crippen LogP contribution in [0.2, 0.25) is 0 Å². The molecular formula is C34H34N6O4S2. The normalized spacial score (nSPS) is 14.8. The van der Waals surface area contributed by atoms with E-state index in [0.717, 1.165) is 24.8 Å². The van der Waals surface area contributed by atoms with Crippen molar-refractivity contribution in [3.05, 3.63) is 98.6 Å². The second kappa shape index (κ2) is 13.1. The number of nitrogens with zero attached hydrogens (tertiary/aromatic N) is 5. The zero-order chi connectivity index (χ0) is 32.4. The first-order chi connectivity index (χ1) is 22.1. The summed E-state index contributed by atoms with van der Waals surface area (Å²) < 4.78 is 7.47. The highest BCUT2D eigenvalue weighted by atomic mass is 32.2. The van der Waals surface area contributed by atoms with E-state index in [1.807, 2.05) is 47.9 Å². The third-order valence-electron chi connectivity index (χ3n) is 8.23. The van der Waals surface area contributed by atoms with Crippen molar-refractivity contribution in [3.8, 4) is 11.6 Å². The van der Waals surface area contributed by atoms with Crippen LogP contribution in [0.4, 0.5) is 16.4 Å². The number of aromatic nitrogens is 3. The van der Waals surface area contributed by atoms with Crippen LogP contribution < -0.4 is 5.32 Å². The number of rotatable bonds is 9. The topological polar surface area (TPSA) is 128 Å². The summed E-state index contributed by atoms with van der Waals surface area (Å²) in [6.07, 6.45) is 5.87. The van der Waals surface area contributed by atoms with Crippen LogP contribution in [0.3, 0.4) is 0 Å². The Labute approximate surface area is 275 Å². The van der Waals surface area contributed by atoms with Crippen LogP contribution in [0, 0.1) is 21.4 Å². The van der Waals surface area contributed by atoms with Gasteiger partial charge in [0.05, 0.1) is 16.7 Å². The number of nitro benzene ring substituents is 1. The number of aliphatic imine (C=N–C) groups is 1. The number of thiophene rings is 1. The number of fused-ring (bicyclic) bond motifs is 1. The molecule has 236 valence electrons. The standard InChI is InChI=1S/C34H34N6O4S2/c1-5-39-30(26-12-9-17-44-26)37-38-33(39)46-27-16-14-24(40(42)43)18-21(27)20-35-32-29(31(41)36-23-10-7-6-8-11-23)25-15-13-22(34(2,3)4)19-28(25)45-32/h6-12,14,16-18,20,22H,5,13,15,19H2,1-4H3,(H,36,41)/t22-/m1/s1. The predicted molar refractivity (Wildman–Crippen MR) is 182 cm³/mol. The number of anilines is 1. The Balaban J connectivity index is 1.39. The molecule has 0 saturated heterocycles. The molecule has 1 atom stereocenters. The lowest BCUT2D eigenvalue weighted by Crippen LogP contribution is -2.27. The summed E-state index contributed by atoms with van der Waals surface area (Å²) in [6.45, 7) is 9.37. The Morgan fingerprint density at radius 1 is 1.20 bits per heavy atom. The molecule has 5 aromatic rings. The highest BCUT2D eigenvalue weighted by molar-refractivity contribution is 7.99. The number of para-hydroxylation sites is 1. The van der Waals surface area contributed by atoms with Crippen molar-refractivity contribution in [2.45, 2.75) is 63.6 Å². The van der Waals surface area contributed by atoms with Gasteiger partial charge in [0.15, 0.2) is 16.7 Å². The lowest BCUT2D eigenvalue weighted by molar-refractivity contribution is -0.384. The summed E-state index contributed by atoms with van der Waals surface area (Å²) in [5.74, 6) is 1.48. The summed E-state index contributed by atoms with van der Waals surface area (Å²) in [5, 5.41) is 24.7. The number of carbonyl (C=O) groups excluding carboxylic acids is 1. The fraction of sp³-hybridized carbons (Fsp3) is 0.294. The number of nitro groups is 1.